The molecule has 5 nitrogen and oxygen atoms in total. The van der Waals surface area contributed by atoms with Crippen LogP contribution in [-0.4, -0.2) is 18.0 Å². The van der Waals surface area contributed by atoms with Crippen molar-refractivity contribution in [3.8, 4) is 0 Å². The number of nitrogen functional groups attached to an aromatic ring is 1. The molecular formula is C11H15N3O2. The number of rotatable bonds is 2. The van der Waals surface area contributed by atoms with Crippen LogP contribution in [0.1, 0.15) is 18.4 Å². The molecule has 2 rings (SSSR count). The fraction of sp³-hybridized carbons (Fsp3) is 0.455. The standard InChI is InChI=1S/C11H15N3O2/c1-8-6-11(14(15)16)10(7-9(8)12)13-4-2-3-5-13/h6-7H,2-5,12H2,1H3. The molecule has 1 aliphatic rings. The van der Waals surface area contributed by atoms with Crippen LogP contribution >= 0.6 is 0 Å². The molecule has 86 valence electrons. The quantitative estimate of drug-likeness (QED) is 0.471. The van der Waals surface area contributed by atoms with E-state index < -0.39 is 0 Å². The summed E-state index contributed by atoms with van der Waals surface area (Å²) in [4.78, 5) is 12.7. The van der Waals surface area contributed by atoms with Crippen LogP contribution in [0.5, 0.6) is 0 Å². The average molecular weight is 221 g/mol. The number of nitrogens with zero attached hydrogens (tertiary/aromatic N) is 2. The highest BCUT2D eigenvalue weighted by Gasteiger charge is 2.23. The molecule has 0 atom stereocenters. The molecule has 1 aliphatic heterocycles. The third-order valence-corrected chi connectivity index (χ3v) is 3.01. The van der Waals surface area contributed by atoms with Crippen molar-refractivity contribution in [3.63, 3.8) is 0 Å². The van der Waals surface area contributed by atoms with Gasteiger partial charge in [0.15, 0.2) is 0 Å². The minimum Gasteiger partial charge on any atom is -0.398 e. The average Bonchev–Trinajstić information content (AvgIpc) is 2.74. The van der Waals surface area contributed by atoms with Crippen LogP contribution in [0, 0.1) is 17.0 Å². The van der Waals surface area contributed by atoms with Crippen LogP contribution < -0.4 is 10.6 Å². The smallest absolute Gasteiger partial charge is 0.292 e. The zero-order valence-electron chi connectivity index (χ0n) is 9.27. The van der Waals surface area contributed by atoms with Gasteiger partial charge in [0.2, 0.25) is 0 Å². The van der Waals surface area contributed by atoms with E-state index in [9.17, 15) is 10.1 Å². The van der Waals surface area contributed by atoms with E-state index >= 15 is 0 Å². The van der Waals surface area contributed by atoms with E-state index in [2.05, 4.69) is 0 Å². The van der Waals surface area contributed by atoms with Gasteiger partial charge in [-0.25, -0.2) is 0 Å². The summed E-state index contributed by atoms with van der Waals surface area (Å²) in [6.07, 6.45) is 2.18. The Bertz CT molecular complexity index is 425. The molecule has 0 bridgehead atoms. The Balaban J connectivity index is 2.48. The van der Waals surface area contributed by atoms with Crippen molar-refractivity contribution >= 4 is 17.1 Å². The zero-order valence-corrected chi connectivity index (χ0v) is 9.27. The second-order valence-electron chi connectivity index (χ2n) is 4.15. The minimum atomic E-state index is -0.333. The summed E-state index contributed by atoms with van der Waals surface area (Å²) in [5.74, 6) is 0. The molecule has 1 aromatic rings. The lowest BCUT2D eigenvalue weighted by molar-refractivity contribution is -0.384. The summed E-state index contributed by atoms with van der Waals surface area (Å²) < 4.78 is 0. The second-order valence-corrected chi connectivity index (χ2v) is 4.15. The molecule has 0 radical (unpaired) electrons. The molecule has 0 aliphatic carbocycles. The molecule has 0 aromatic heterocycles. The normalized spacial score (nSPS) is 15.4. The Kier molecular flexibility index (Phi) is 2.68. The van der Waals surface area contributed by atoms with Crippen LogP contribution in [0.3, 0.4) is 0 Å². The fourth-order valence-electron chi connectivity index (χ4n) is 2.05. The van der Waals surface area contributed by atoms with Crippen LogP contribution in [0.15, 0.2) is 12.1 Å². The first-order valence-electron chi connectivity index (χ1n) is 5.39. The minimum absolute atomic E-state index is 0.161. The molecule has 0 amide bonds. The lowest BCUT2D eigenvalue weighted by atomic mass is 10.1. The fourth-order valence-corrected chi connectivity index (χ4v) is 2.05. The first-order chi connectivity index (χ1) is 7.59. The van der Waals surface area contributed by atoms with Crippen molar-refractivity contribution < 1.29 is 4.92 Å². The largest absolute Gasteiger partial charge is 0.398 e. The Hall–Kier alpha value is -1.78. The van der Waals surface area contributed by atoms with Crippen LogP contribution in [0.4, 0.5) is 17.1 Å². The molecule has 1 heterocycles. The monoisotopic (exact) mass is 221 g/mol. The van der Waals surface area contributed by atoms with E-state index in [1.807, 2.05) is 4.90 Å². The van der Waals surface area contributed by atoms with Crippen LogP contribution in [0.25, 0.3) is 0 Å². The van der Waals surface area contributed by atoms with Gasteiger partial charge in [0, 0.05) is 24.8 Å². The van der Waals surface area contributed by atoms with Gasteiger partial charge in [0.1, 0.15) is 5.69 Å². The molecule has 1 fully saturated rings. The molecule has 16 heavy (non-hydrogen) atoms. The Morgan fingerprint density at radius 2 is 2.00 bits per heavy atom. The molecule has 0 spiro atoms. The number of nitro groups is 1. The molecule has 0 unspecified atom stereocenters. The van der Waals surface area contributed by atoms with Crippen molar-refractivity contribution in [3.05, 3.63) is 27.8 Å². The van der Waals surface area contributed by atoms with E-state index in [-0.39, 0.29) is 10.6 Å². The van der Waals surface area contributed by atoms with Gasteiger partial charge in [-0.2, -0.15) is 0 Å². The van der Waals surface area contributed by atoms with Gasteiger partial charge in [-0.1, -0.05) is 0 Å². The summed E-state index contributed by atoms with van der Waals surface area (Å²) in [6.45, 7) is 3.54. The van der Waals surface area contributed by atoms with Crippen molar-refractivity contribution in [2.45, 2.75) is 19.8 Å². The van der Waals surface area contributed by atoms with Crippen molar-refractivity contribution in [1.29, 1.82) is 0 Å². The summed E-state index contributed by atoms with van der Waals surface area (Å²) >= 11 is 0. The topological polar surface area (TPSA) is 72.4 Å². The van der Waals surface area contributed by atoms with Gasteiger partial charge in [-0.3, -0.25) is 10.1 Å². The number of nitrogens with two attached hydrogens (primary N) is 1. The first-order valence-corrected chi connectivity index (χ1v) is 5.39. The Morgan fingerprint density at radius 3 is 2.56 bits per heavy atom. The van der Waals surface area contributed by atoms with E-state index in [0.29, 0.717) is 11.4 Å². The predicted molar refractivity (Wildman–Crippen MR) is 63.7 cm³/mol. The van der Waals surface area contributed by atoms with Gasteiger partial charge in [-0.15, -0.1) is 0 Å². The molecule has 1 saturated heterocycles. The van der Waals surface area contributed by atoms with Crippen LogP contribution in [0.2, 0.25) is 0 Å². The number of nitro benzene ring substituents is 1. The first kappa shape index (κ1) is 10.7. The molecule has 1 aromatic carbocycles. The van der Waals surface area contributed by atoms with Crippen molar-refractivity contribution in [1.82, 2.24) is 0 Å². The maximum absolute atomic E-state index is 11.0. The number of aryl methyl sites for hydroxylation is 1. The second kappa shape index (κ2) is 4.00. The maximum atomic E-state index is 11.0. The number of hydrogen-bond acceptors (Lipinski definition) is 4. The third-order valence-electron chi connectivity index (χ3n) is 3.01. The highest BCUT2D eigenvalue weighted by molar-refractivity contribution is 5.71. The summed E-state index contributed by atoms with van der Waals surface area (Å²) in [5.41, 5.74) is 8.00. The van der Waals surface area contributed by atoms with Gasteiger partial charge in [0.25, 0.3) is 5.69 Å². The summed E-state index contributed by atoms with van der Waals surface area (Å²) in [5, 5.41) is 11.0. The molecular weight excluding hydrogens is 206 g/mol. The molecule has 5 heteroatoms. The Morgan fingerprint density at radius 1 is 1.38 bits per heavy atom. The van der Waals surface area contributed by atoms with Crippen molar-refractivity contribution in [2.24, 2.45) is 0 Å². The van der Waals surface area contributed by atoms with Gasteiger partial charge in [-0.05, 0) is 31.4 Å². The van der Waals surface area contributed by atoms with Gasteiger partial charge >= 0.3 is 0 Å². The SMILES string of the molecule is Cc1cc([N+](=O)[O-])c(N2CCCC2)cc1N. The molecule has 0 saturated carbocycles. The van der Waals surface area contributed by atoms with Crippen molar-refractivity contribution in [2.75, 3.05) is 23.7 Å². The number of hydrogen-bond donors (Lipinski definition) is 1. The Labute approximate surface area is 94.0 Å². The summed E-state index contributed by atoms with van der Waals surface area (Å²) in [6, 6.07) is 3.28. The van der Waals surface area contributed by atoms with E-state index in [1.54, 1.807) is 19.1 Å². The van der Waals surface area contributed by atoms with Gasteiger partial charge < -0.3 is 10.6 Å². The van der Waals surface area contributed by atoms with Crippen LogP contribution in [-0.2, 0) is 0 Å². The van der Waals surface area contributed by atoms with E-state index in [0.717, 1.165) is 31.5 Å². The highest BCUT2D eigenvalue weighted by atomic mass is 16.6. The zero-order chi connectivity index (χ0) is 11.7. The lowest BCUT2D eigenvalue weighted by Gasteiger charge is -2.18. The van der Waals surface area contributed by atoms with Gasteiger partial charge in [0.05, 0.1) is 4.92 Å². The third kappa shape index (κ3) is 1.80. The highest BCUT2D eigenvalue weighted by Crippen LogP contribution is 2.34. The summed E-state index contributed by atoms with van der Waals surface area (Å²) in [7, 11) is 0. The van der Waals surface area contributed by atoms with E-state index in [4.69, 9.17) is 5.73 Å². The van der Waals surface area contributed by atoms with E-state index in [1.165, 1.54) is 0 Å². The number of anilines is 2. The number of benzene rings is 1. The lowest BCUT2D eigenvalue weighted by Crippen LogP contribution is -2.19. The maximum Gasteiger partial charge on any atom is 0.292 e. The predicted octanol–water partition coefficient (Wildman–Crippen LogP) is 2.09. The molecule has 2 N–H and O–H groups in total.